The zero-order chi connectivity index (χ0) is 13.7. The van der Waals surface area contributed by atoms with Crippen LogP contribution in [0.2, 0.25) is 0 Å². The number of hydrogen-bond acceptors (Lipinski definition) is 3. The molecule has 2 rings (SSSR count). The maximum Gasteiger partial charge on any atom is 0.239 e. The van der Waals surface area contributed by atoms with Gasteiger partial charge in [-0.1, -0.05) is 6.42 Å². The highest BCUT2D eigenvalue weighted by Gasteiger charge is 2.25. The number of hydrogen-bond donors (Lipinski definition) is 2. The maximum absolute atomic E-state index is 12.2. The van der Waals surface area contributed by atoms with Crippen LogP contribution in [0, 0.1) is 0 Å². The fraction of sp³-hybridized carbons (Fsp3) is 0.933. The van der Waals surface area contributed by atoms with Crippen LogP contribution in [0.5, 0.6) is 0 Å². The predicted octanol–water partition coefficient (Wildman–Crippen LogP) is 1.51. The first-order valence-electron chi connectivity index (χ1n) is 7.95. The Hall–Kier alpha value is -0.610. The third kappa shape index (κ3) is 4.46. The van der Waals surface area contributed by atoms with Gasteiger partial charge in [0, 0.05) is 25.2 Å². The molecule has 0 bridgehead atoms. The van der Waals surface area contributed by atoms with Crippen molar-refractivity contribution in [3.63, 3.8) is 0 Å². The molecule has 19 heavy (non-hydrogen) atoms. The molecule has 0 spiro atoms. The average Bonchev–Trinajstić information content (AvgIpc) is 2.92. The molecule has 4 heteroatoms. The van der Waals surface area contributed by atoms with Crippen LogP contribution in [0.4, 0.5) is 0 Å². The molecule has 2 aliphatic rings. The van der Waals surface area contributed by atoms with Crippen molar-refractivity contribution in [2.24, 2.45) is 0 Å². The van der Waals surface area contributed by atoms with E-state index in [2.05, 4.69) is 17.6 Å². The smallest absolute Gasteiger partial charge is 0.239 e. The lowest BCUT2D eigenvalue weighted by Crippen LogP contribution is -2.48. The van der Waals surface area contributed by atoms with Crippen molar-refractivity contribution in [1.82, 2.24) is 15.5 Å². The lowest BCUT2D eigenvalue weighted by atomic mass is 9.98. The molecule has 0 radical (unpaired) electrons. The Kier molecular flexibility index (Phi) is 5.64. The fourth-order valence-electron chi connectivity index (χ4n) is 3.33. The fourth-order valence-corrected chi connectivity index (χ4v) is 3.33. The molecule has 3 unspecified atom stereocenters. The van der Waals surface area contributed by atoms with Gasteiger partial charge >= 0.3 is 0 Å². The van der Waals surface area contributed by atoms with Crippen LogP contribution < -0.4 is 10.6 Å². The van der Waals surface area contributed by atoms with Crippen molar-refractivity contribution in [2.45, 2.75) is 70.5 Å². The molecule has 3 atom stereocenters. The van der Waals surface area contributed by atoms with Crippen LogP contribution in [0.1, 0.15) is 52.4 Å². The Morgan fingerprint density at radius 3 is 2.63 bits per heavy atom. The van der Waals surface area contributed by atoms with Gasteiger partial charge in [-0.05, 0) is 52.5 Å². The molecule has 0 aromatic heterocycles. The summed E-state index contributed by atoms with van der Waals surface area (Å²) in [5.41, 5.74) is 0. The SMILES string of the molecule is CC(CC1CCCCN1)NC(C)C(=O)N1CCCC1. The van der Waals surface area contributed by atoms with Crippen molar-refractivity contribution in [3.05, 3.63) is 0 Å². The minimum atomic E-state index is -0.0447. The van der Waals surface area contributed by atoms with Gasteiger partial charge in [-0.25, -0.2) is 0 Å². The standard InChI is InChI=1S/C15H29N3O/c1-12(11-14-7-3-4-8-16-14)17-13(2)15(19)18-9-5-6-10-18/h12-14,16-17H,3-11H2,1-2H3. The van der Waals surface area contributed by atoms with Gasteiger partial charge in [0.1, 0.15) is 0 Å². The van der Waals surface area contributed by atoms with Crippen LogP contribution in [0.25, 0.3) is 0 Å². The number of amides is 1. The van der Waals surface area contributed by atoms with E-state index < -0.39 is 0 Å². The highest BCUT2D eigenvalue weighted by Crippen LogP contribution is 2.13. The number of likely N-dealkylation sites (tertiary alicyclic amines) is 1. The second-order valence-electron chi connectivity index (χ2n) is 6.20. The van der Waals surface area contributed by atoms with Crippen molar-refractivity contribution in [2.75, 3.05) is 19.6 Å². The number of nitrogens with one attached hydrogen (secondary N) is 2. The molecule has 2 fully saturated rings. The molecule has 2 saturated heterocycles. The predicted molar refractivity (Wildman–Crippen MR) is 78.1 cm³/mol. The largest absolute Gasteiger partial charge is 0.341 e. The first-order valence-corrected chi connectivity index (χ1v) is 7.95. The number of carbonyl (C=O) groups is 1. The second kappa shape index (κ2) is 7.25. The molecule has 2 N–H and O–H groups in total. The van der Waals surface area contributed by atoms with Crippen LogP contribution in [0.3, 0.4) is 0 Å². The van der Waals surface area contributed by atoms with E-state index in [1.165, 1.54) is 32.1 Å². The van der Waals surface area contributed by atoms with Gasteiger partial charge < -0.3 is 15.5 Å². The second-order valence-corrected chi connectivity index (χ2v) is 6.20. The lowest BCUT2D eigenvalue weighted by molar-refractivity contribution is -0.132. The van der Waals surface area contributed by atoms with Gasteiger partial charge in [-0.2, -0.15) is 0 Å². The van der Waals surface area contributed by atoms with E-state index in [1.54, 1.807) is 0 Å². The van der Waals surface area contributed by atoms with E-state index in [9.17, 15) is 4.79 Å². The molecular formula is C15H29N3O. The molecular weight excluding hydrogens is 238 g/mol. The third-order valence-electron chi connectivity index (χ3n) is 4.37. The summed E-state index contributed by atoms with van der Waals surface area (Å²) in [5.74, 6) is 0.279. The highest BCUT2D eigenvalue weighted by molar-refractivity contribution is 5.81. The molecule has 110 valence electrons. The van der Waals surface area contributed by atoms with E-state index in [0.29, 0.717) is 12.1 Å². The number of nitrogens with zero attached hydrogens (tertiary/aromatic N) is 1. The molecule has 1 amide bonds. The van der Waals surface area contributed by atoms with E-state index in [1.807, 2.05) is 11.8 Å². The van der Waals surface area contributed by atoms with Crippen LogP contribution in [-0.4, -0.2) is 48.6 Å². The summed E-state index contributed by atoms with van der Waals surface area (Å²) in [6.45, 7) is 7.25. The Labute approximate surface area is 117 Å². The lowest BCUT2D eigenvalue weighted by Gasteiger charge is -2.29. The normalized spacial score (nSPS) is 27.3. The third-order valence-corrected chi connectivity index (χ3v) is 4.37. The van der Waals surface area contributed by atoms with Crippen LogP contribution >= 0.6 is 0 Å². The van der Waals surface area contributed by atoms with Crippen LogP contribution in [-0.2, 0) is 4.79 Å². The Bertz CT molecular complexity index is 283. The highest BCUT2D eigenvalue weighted by atomic mass is 16.2. The summed E-state index contributed by atoms with van der Waals surface area (Å²) in [4.78, 5) is 14.2. The van der Waals surface area contributed by atoms with Crippen molar-refractivity contribution in [1.29, 1.82) is 0 Å². The van der Waals surface area contributed by atoms with Crippen LogP contribution in [0.15, 0.2) is 0 Å². The minimum absolute atomic E-state index is 0.0447. The van der Waals surface area contributed by atoms with Crippen molar-refractivity contribution in [3.8, 4) is 0 Å². The average molecular weight is 267 g/mol. The molecule has 2 aliphatic heterocycles. The summed E-state index contributed by atoms with van der Waals surface area (Å²) in [6.07, 6.45) is 7.38. The number of carbonyl (C=O) groups excluding carboxylic acids is 1. The molecule has 0 aromatic rings. The monoisotopic (exact) mass is 267 g/mol. The molecule has 2 heterocycles. The Balaban J connectivity index is 1.70. The number of rotatable bonds is 5. The molecule has 4 nitrogen and oxygen atoms in total. The Morgan fingerprint density at radius 1 is 1.26 bits per heavy atom. The van der Waals surface area contributed by atoms with E-state index in [-0.39, 0.29) is 11.9 Å². The summed E-state index contributed by atoms with van der Waals surface area (Å²) in [5, 5.41) is 7.04. The van der Waals surface area contributed by atoms with E-state index in [0.717, 1.165) is 26.1 Å². The van der Waals surface area contributed by atoms with E-state index in [4.69, 9.17) is 0 Å². The van der Waals surface area contributed by atoms with Crippen molar-refractivity contribution < 1.29 is 4.79 Å². The van der Waals surface area contributed by atoms with Gasteiger partial charge in [0.15, 0.2) is 0 Å². The van der Waals surface area contributed by atoms with Gasteiger partial charge in [0.25, 0.3) is 0 Å². The first-order chi connectivity index (χ1) is 9.16. The topological polar surface area (TPSA) is 44.4 Å². The minimum Gasteiger partial charge on any atom is -0.341 e. The quantitative estimate of drug-likeness (QED) is 0.793. The number of piperidine rings is 1. The molecule has 0 saturated carbocycles. The van der Waals surface area contributed by atoms with Gasteiger partial charge in [-0.3, -0.25) is 4.79 Å². The van der Waals surface area contributed by atoms with Gasteiger partial charge in [-0.15, -0.1) is 0 Å². The van der Waals surface area contributed by atoms with Gasteiger partial charge in [0.05, 0.1) is 6.04 Å². The summed E-state index contributed by atoms with van der Waals surface area (Å²) in [6, 6.07) is 0.985. The zero-order valence-corrected chi connectivity index (χ0v) is 12.5. The summed E-state index contributed by atoms with van der Waals surface area (Å²) >= 11 is 0. The molecule has 0 aliphatic carbocycles. The Morgan fingerprint density at radius 2 is 2.00 bits per heavy atom. The zero-order valence-electron chi connectivity index (χ0n) is 12.5. The summed E-state index contributed by atoms with van der Waals surface area (Å²) < 4.78 is 0. The maximum atomic E-state index is 12.2. The van der Waals surface area contributed by atoms with Gasteiger partial charge in [0.2, 0.25) is 5.91 Å². The van der Waals surface area contributed by atoms with Crippen molar-refractivity contribution >= 4 is 5.91 Å². The van der Waals surface area contributed by atoms with E-state index >= 15 is 0 Å². The molecule has 0 aromatic carbocycles. The first kappa shape index (κ1) is 14.8. The summed E-state index contributed by atoms with van der Waals surface area (Å²) in [7, 11) is 0.